The second-order valence-corrected chi connectivity index (χ2v) is 10.8. The predicted molar refractivity (Wildman–Crippen MR) is 162 cm³/mol. The largest absolute Gasteiger partial charge is 0.264 e. The molecule has 0 aliphatic carbocycles. The molecule has 0 N–H and O–H groups in total. The number of aryl methyl sites for hydroxylation is 8. The smallest absolute Gasteiger partial charge is 0.170 e. The van der Waals surface area contributed by atoms with Gasteiger partial charge in [-0.2, -0.15) is 20.4 Å². The third kappa shape index (κ3) is 5.93. The Hall–Kier alpha value is -4.86. The molecule has 10 nitrogen and oxygen atoms in total. The van der Waals surface area contributed by atoms with Crippen LogP contribution < -0.4 is 0 Å². The Bertz CT molecular complexity index is 1550. The van der Waals surface area contributed by atoms with E-state index in [-0.39, 0.29) is 12.3 Å². The van der Waals surface area contributed by atoms with Gasteiger partial charge in [-0.1, -0.05) is 12.1 Å². The van der Waals surface area contributed by atoms with E-state index in [1.165, 1.54) is 0 Å². The molecule has 0 fully saturated rings. The molecule has 10 heteroatoms. The van der Waals surface area contributed by atoms with Gasteiger partial charge in [-0.25, -0.2) is 18.7 Å². The van der Waals surface area contributed by atoms with Crippen LogP contribution in [-0.2, 0) is 0 Å². The number of hydrogen-bond acceptors (Lipinski definition) is 6. The van der Waals surface area contributed by atoms with Crippen LogP contribution in [-0.4, -0.2) is 49.1 Å². The van der Waals surface area contributed by atoms with Crippen molar-refractivity contribution in [1.82, 2.24) is 49.1 Å². The number of pyridine rings is 2. The Kier molecular flexibility index (Phi) is 8.15. The molecule has 0 unspecified atom stereocenters. The zero-order valence-corrected chi connectivity index (χ0v) is 25.6. The third-order valence-electron chi connectivity index (χ3n) is 7.07. The van der Waals surface area contributed by atoms with E-state index < -0.39 is 0 Å². The average Bonchev–Trinajstić information content (AvgIpc) is 3.67. The molecule has 0 atom stereocenters. The maximum absolute atomic E-state index is 4.64. The highest BCUT2D eigenvalue weighted by Crippen LogP contribution is 2.24. The van der Waals surface area contributed by atoms with E-state index in [1.54, 1.807) is 12.4 Å². The zero-order valence-electron chi connectivity index (χ0n) is 25.6. The van der Waals surface area contributed by atoms with Gasteiger partial charge in [-0.3, -0.25) is 9.97 Å². The maximum atomic E-state index is 4.64. The first-order chi connectivity index (χ1) is 20.1. The first kappa shape index (κ1) is 28.7. The minimum atomic E-state index is -0.110. The Morgan fingerprint density at radius 2 is 0.738 bits per heavy atom. The highest BCUT2D eigenvalue weighted by molar-refractivity contribution is 5.22. The fraction of sp³-hybridized carbons (Fsp3) is 0.312. The van der Waals surface area contributed by atoms with Gasteiger partial charge in [0.2, 0.25) is 0 Å². The molecule has 0 spiro atoms. The standard InChI is InChI=1S/2C16H19N5/c2*1-11-8-13(3)20(18-11)16(15-6-5-7-17-10-15)21-14(4)9-12(2)19-21/h2*5-10,16H,1-4H3. The molecule has 6 aromatic heterocycles. The van der Waals surface area contributed by atoms with Gasteiger partial charge in [0.1, 0.15) is 0 Å². The van der Waals surface area contributed by atoms with E-state index in [1.807, 2.05) is 70.9 Å². The molecule has 6 heterocycles. The second-order valence-electron chi connectivity index (χ2n) is 10.8. The van der Waals surface area contributed by atoms with Crippen LogP contribution in [0.15, 0.2) is 73.3 Å². The summed E-state index contributed by atoms with van der Waals surface area (Å²) in [5.74, 6) is 0. The van der Waals surface area contributed by atoms with E-state index in [0.717, 1.165) is 56.7 Å². The number of aromatic nitrogens is 10. The first-order valence-corrected chi connectivity index (χ1v) is 14.0. The monoisotopic (exact) mass is 562 g/mol. The van der Waals surface area contributed by atoms with E-state index in [4.69, 9.17) is 0 Å². The van der Waals surface area contributed by atoms with Crippen molar-refractivity contribution in [2.75, 3.05) is 0 Å². The summed E-state index contributed by atoms with van der Waals surface area (Å²) in [5.41, 5.74) is 10.6. The summed E-state index contributed by atoms with van der Waals surface area (Å²) >= 11 is 0. The zero-order chi connectivity index (χ0) is 30.0. The van der Waals surface area contributed by atoms with Crippen molar-refractivity contribution < 1.29 is 0 Å². The van der Waals surface area contributed by atoms with Crippen molar-refractivity contribution in [3.8, 4) is 0 Å². The lowest BCUT2D eigenvalue weighted by Crippen LogP contribution is -2.24. The van der Waals surface area contributed by atoms with Crippen molar-refractivity contribution in [1.29, 1.82) is 0 Å². The normalized spacial score (nSPS) is 11.3. The average molecular weight is 563 g/mol. The lowest BCUT2D eigenvalue weighted by Gasteiger charge is -2.21. The van der Waals surface area contributed by atoms with Gasteiger partial charge in [0.25, 0.3) is 0 Å². The van der Waals surface area contributed by atoms with E-state index in [9.17, 15) is 0 Å². The van der Waals surface area contributed by atoms with Crippen molar-refractivity contribution >= 4 is 0 Å². The molecular formula is C32H38N10. The molecular weight excluding hydrogens is 524 g/mol. The van der Waals surface area contributed by atoms with E-state index in [2.05, 4.69) is 94.5 Å². The van der Waals surface area contributed by atoms with Crippen LogP contribution in [0.4, 0.5) is 0 Å². The van der Waals surface area contributed by atoms with Crippen LogP contribution in [0.5, 0.6) is 0 Å². The van der Waals surface area contributed by atoms with Crippen molar-refractivity contribution in [2.45, 2.75) is 67.7 Å². The summed E-state index contributed by atoms with van der Waals surface area (Å²) in [4.78, 5) is 8.49. The lowest BCUT2D eigenvalue weighted by atomic mass is 10.2. The maximum Gasteiger partial charge on any atom is 0.170 e. The Labute approximate surface area is 246 Å². The Morgan fingerprint density at radius 1 is 0.452 bits per heavy atom. The van der Waals surface area contributed by atoms with Gasteiger partial charge in [0.15, 0.2) is 12.3 Å². The third-order valence-corrected chi connectivity index (χ3v) is 7.07. The minimum absolute atomic E-state index is 0.110. The van der Waals surface area contributed by atoms with Gasteiger partial charge < -0.3 is 0 Å². The van der Waals surface area contributed by atoms with Crippen LogP contribution in [0, 0.1) is 55.4 Å². The number of hydrogen-bond donors (Lipinski definition) is 0. The molecule has 42 heavy (non-hydrogen) atoms. The molecule has 6 rings (SSSR count). The van der Waals surface area contributed by atoms with Crippen molar-refractivity contribution in [2.24, 2.45) is 0 Å². The summed E-state index contributed by atoms with van der Waals surface area (Å²) in [6, 6.07) is 16.3. The Balaban J connectivity index is 0.000000168. The van der Waals surface area contributed by atoms with Crippen LogP contribution in [0.3, 0.4) is 0 Å². The molecule has 0 aromatic carbocycles. The molecule has 0 saturated carbocycles. The van der Waals surface area contributed by atoms with Gasteiger partial charge in [0, 0.05) is 58.7 Å². The van der Waals surface area contributed by atoms with Crippen LogP contribution in [0.25, 0.3) is 0 Å². The topological polar surface area (TPSA) is 97.1 Å². The molecule has 0 aliphatic heterocycles. The SMILES string of the molecule is Cc1cc(C)n(C(c2cccnc2)n2nc(C)cc2C)n1.Cc1cc(C)n(C(c2cccnc2)n2nc(C)cc2C)n1. The minimum Gasteiger partial charge on any atom is -0.264 e. The van der Waals surface area contributed by atoms with Gasteiger partial charge >= 0.3 is 0 Å². The summed E-state index contributed by atoms with van der Waals surface area (Å²) in [6.45, 7) is 16.3. The molecule has 0 saturated heterocycles. The fourth-order valence-corrected chi connectivity index (χ4v) is 5.40. The summed E-state index contributed by atoms with van der Waals surface area (Å²) < 4.78 is 8.02. The quantitative estimate of drug-likeness (QED) is 0.262. The van der Waals surface area contributed by atoms with Crippen molar-refractivity contribution in [3.05, 3.63) is 130 Å². The molecule has 0 bridgehead atoms. The predicted octanol–water partition coefficient (Wildman–Crippen LogP) is 5.61. The summed E-state index contributed by atoms with van der Waals surface area (Å²) in [7, 11) is 0. The van der Waals surface area contributed by atoms with Crippen LogP contribution >= 0.6 is 0 Å². The fourth-order valence-electron chi connectivity index (χ4n) is 5.40. The Morgan fingerprint density at radius 3 is 0.929 bits per heavy atom. The molecule has 6 aromatic rings. The summed E-state index contributed by atoms with van der Waals surface area (Å²) in [6.07, 6.45) is 7.09. The van der Waals surface area contributed by atoms with Crippen LogP contribution in [0.1, 0.15) is 69.0 Å². The highest BCUT2D eigenvalue weighted by Gasteiger charge is 2.23. The summed E-state index contributed by atoms with van der Waals surface area (Å²) in [5, 5.41) is 18.6. The van der Waals surface area contributed by atoms with E-state index >= 15 is 0 Å². The number of nitrogens with zero attached hydrogens (tertiary/aromatic N) is 10. The molecule has 0 amide bonds. The van der Waals surface area contributed by atoms with Crippen molar-refractivity contribution in [3.63, 3.8) is 0 Å². The van der Waals surface area contributed by atoms with Gasteiger partial charge in [-0.05, 0) is 91.8 Å². The van der Waals surface area contributed by atoms with Gasteiger partial charge in [0.05, 0.1) is 22.8 Å². The second kappa shape index (κ2) is 11.9. The van der Waals surface area contributed by atoms with E-state index in [0.29, 0.717) is 0 Å². The lowest BCUT2D eigenvalue weighted by molar-refractivity contribution is 0.400. The first-order valence-electron chi connectivity index (χ1n) is 14.0. The van der Waals surface area contributed by atoms with Crippen LogP contribution in [0.2, 0.25) is 0 Å². The molecule has 0 radical (unpaired) electrons. The molecule has 0 aliphatic rings. The highest BCUT2D eigenvalue weighted by atomic mass is 15.5. The molecule has 216 valence electrons. The number of rotatable bonds is 6. The van der Waals surface area contributed by atoms with Gasteiger partial charge in [-0.15, -0.1) is 0 Å².